The summed E-state index contributed by atoms with van der Waals surface area (Å²) in [6.07, 6.45) is 15.8. The Morgan fingerprint density at radius 1 is 1.20 bits per heavy atom. The van der Waals surface area contributed by atoms with Crippen molar-refractivity contribution in [3.8, 4) is 0 Å². The average Bonchev–Trinajstić information content (AvgIpc) is 3.17. The maximum absolute atomic E-state index is 10.5. The van der Waals surface area contributed by atoms with Crippen molar-refractivity contribution in [2.24, 2.45) is 11.8 Å². The first kappa shape index (κ1) is 20.1. The standard InChI is InChI=1S/C20H32O5/c1-2-3-6-9-15(21)12-13-17-16(18-14-19(17)25-24-18)10-7-4-5-8-11-20(22)23/h4,7,12-13,15-19,21H,2-3,5-6,8-11,14H2,1H3,(H,22,23)/t15-,16+,17+,18?,19?/m0/s1. The number of aliphatic carboxylic acids is 1. The van der Waals surface area contributed by atoms with Crippen LogP contribution in [0, 0.1) is 11.8 Å². The number of carbonyl (C=O) groups is 1. The van der Waals surface area contributed by atoms with Crippen molar-refractivity contribution in [1.82, 2.24) is 0 Å². The van der Waals surface area contributed by atoms with E-state index in [1.807, 2.05) is 6.08 Å². The molecule has 1 heterocycles. The van der Waals surface area contributed by atoms with Crippen LogP contribution in [0.5, 0.6) is 0 Å². The van der Waals surface area contributed by atoms with Crippen LogP contribution in [0.4, 0.5) is 0 Å². The van der Waals surface area contributed by atoms with E-state index in [2.05, 4.69) is 25.2 Å². The fraction of sp³-hybridized carbons (Fsp3) is 0.750. The maximum Gasteiger partial charge on any atom is 0.303 e. The molecule has 2 fully saturated rings. The molecule has 5 nitrogen and oxygen atoms in total. The predicted octanol–water partition coefficient (Wildman–Crippen LogP) is 4.02. The molecule has 142 valence electrons. The molecule has 5 heteroatoms. The lowest BCUT2D eigenvalue weighted by molar-refractivity contribution is -0.336. The van der Waals surface area contributed by atoms with Gasteiger partial charge in [0.15, 0.2) is 0 Å². The number of aliphatic hydroxyl groups is 1. The SMILES string of the molecule is CCCCC[C@H](O)C=C[C@H]1C2CC(OO2)[C@@H]1CC=CCCCC(=O)O. The Kier molecular flexibility index (Phi) is 8.65. The summed E-state index contributed by atoms with van der Waals surface area (Å²) in [5.74, 6) is -0.0912. The van der Waals surface area contributed by atoms with Crippen molar-refractivity contribution in [3.63, 3.8) is 0 Å². The van der Waals surface area contributed by atoms with Gasteiger partial charge in [-0.15, -0.1) is 0 Å². The van der Waals surface area contributed by atoms with E-state index in [1.165, 1.54) is 0 Å². The van der Waals surface area contributed by atoms with Crippen LogP contribution in [0.2, 0.25) is 0 Å². The number of fused-ring (bicyclic) bond motifs is 2. The first-order valence-electron chi connectivity index (χ1n) is 9.67. The largest absolute Gasteiger partial charge is 0.481 e. The Balaban J connectivity index is 1.78. The fourth-order valence-corrected chi connectivity index (χ4v) is 3.72. The van der Waals surface area contributed by atoms with Gasteiger partial charge in [0.25, 0.3) is 0 Å². The minimum atomic E-state index is -0.741. The first-order valence-corrected chi connectivity index (χ1v) is 9.67. The van der Waals surface area contributed by atoms with E-state index in [9.17, 15) is 9.90 Å². The maximum atomic E-state index is 10.5. The molecule has 0 amide bonds. The van der Waals surface area contributed by atoms with Crippen molar-refractivity contribution < 1.29 is 24.8 Å². The molecule has 1 saturated carbocycles. The summed E-state index contributed by atoms with van der Waals surface area (Å²) in [7, 11) is 0. The Hall–Kier alpha value is -1.17. The van der Waals surface area contributed by atoms with Gasteiger partial charge in [0.1, 0.15) is 6.10 Å². The van der Waals surface area contributed by atoms with Gasteiger partial charge in [-0.3, -0.25) is 4.79 Å². The van der Waals surface area contributed by atoms with Crippen LogP contribution in [0.15, 0.2) is 24.3 Å². The van der Waals surface area contributed by atoms with E-state index in [1.54, 1.807) is 0 Å². The van der Waals surface area contributed by atoms with E-state index in [4.69, 9.17) is 14.9 Å². The van der Waals surface area contributed by atoms with Crippen LogP contribution in [0.25, 0.3) is 0 Å². The van der Waals surface area contributed by atoms with Gasteiger partial charge in [0.05, 0.1) is 12.2 Å². The van der Waals surface area contributed by atoms with Gasteiger partial charge in [0.2, 0.25) is 0 Å². The zero-order valence-electron chi connectivity index (χ0n) is 15.2. The molecule has 0 aromatic heterocycles. The van der Waals surface area contributed by atoms with E-state index in [-0.39, 0.29) is 30.7 Å². The van der Waals surface area contributed by atoms with Gasteiger partial charge < -0.3 is 10.2 Å². The van der Waals surface area contributed by atoms with Gasteiger partial charge in [-0.2, -0.15) is 0 Å². The Morgan fingerprint density at radius 2 is 2.00 bits per heavy atom. The highest BCUT2D eigenvalue weighted by Crippen LogP contribution is 2.44. The summed E-state index contributed by atoms with van der Waals surface area (Å²) in [5.41, 5.74) is 0. The van der Waals surface area contributed by atoms with Crippen LogP contribution in [-0.2, 0) is 14.6 Å². The molecular formula is C20H32O5. The molecule has 2 unspecified atom stereocenters. The Labute approximate surface area is 150 Å². The number of aliphatic hydroxyl groups excluding tert-OH is 1. The summed E-state index contributed by atoms with van der Waals surface area (Å²) in [6.45, 7) is 2.16. The molecule has 0 aromatic rings. The molecule has 2 rings (SSSR count). The lowest BCUT2D eigenvalue weighted by Crippen LogP contribution is -2.28. The van der Waals surface area contributed by atoms with Gasteiger partial charge in [-0.1, -0.05) is 50.5 Å². The van der Waals surface area contributed by atoms with E-state index < -0.39 is 5.97 Å². The molecule has 2 aliphatic rings. The third-order valence-corrected chi connectivity index (χ3v) is 5.16. The molecular weight excluding hydrogens is 320 g/mol. The molecule has 5 atom stereocenters. The summed E-state index contributed by atoms with van der Waals surface area (Å²) >= 11 is 0. The average molecular weight is 352 g/mol. The quantitative estimate of drug-likeness (QED) is 0.315. The smallest absolute Gasteiger partial charge is 0.303 e. The lowest BCUT2D eigenvalue weighted by Gasteiger charge is -2.27. The van der Waals surface area contributed by atoms with Crippen molar-refractivity contribution in [2.45, 2.75) is 83.0 Å². The van der Waals surface area contributed by atoms with Crippen LogP contribution in [0.3, 0.4) is 0 Å². The van der Waals surface area contributed by atoms with Crippen molar-refractivity contribution >= 4 is 5.97 Å². The second-order valence-electron chi connectivity index (χ2n) is 7.19. The second-order valence-corrected chi connectivity index (χ2v) is 7.19. The Morgan fingerprint density at radius 3 is 2.76 bits per heavy atom. The zero-order valence-corrected chi connectivity index (χ0v) is 15.2. The van der Waals surface area contributed by atoms with E-state index >= 15 is 0 Å². The topological polar surface area (TPSA) is 76.0 Å². The number of hydrogen-bond donors (Lipinski definition) is 2. The molecule has 1 saturated heterocycles. The van der Waals surface area contributed by atoms with Gasteiger partial charge >= 0.3 is 5.97 Å². The van der Waals surface area contributed by atoms with E-state index in [0.717, 1.165) is 44.9 Å². The lowest BCUT2D eigenvalue weighted by atomic mass is 9.89. The molecule has 1 aliphatic carbocycles. The van der Waals surface area contributed by atoms with Crippen LogP contribution >= 0.6 is 0 Å². The van der Waals surface area contributed by atoms with Crippen LogP contribution < -0.4 is 0 Å². The highest BCUT2D eigenvalue weighted by Gasteiger charge is 2.49. The second kappa shape index (κ2) is 10.7. The molecule has 0 aromatic carbocycles. The van der Waals surface area contributed by atoms with Gasteiger partial charge in [-0.05, 0) is 25.7 Å². The molecule has 0 spiro atoms. The summed E-state index contributed by atoms with van der Waals surface area (Å²) in [5, 5.41) is 18.7. The zero-order chi connectivity index (χ0) is 18.1. The van der Waals surface area contributed by atoms with Crippen LogP contribution in [0.1, 0.15) is 64.7 Å². The highest BCUT2D eigenvalue weighted by molar-refractivity contribution is 5.66. The third-order valence-electron chi connectivity index (χ3n) is 5.16. The molecule has 1 aliphatic heterocycles. The normalized spacial score (nSPS) is 29.8. The molecule has 25 heavy (non-hydrogen) atoms. The monoisotopic (exact) mass is 352 g/mol. The minimum absolute atomic E-state index is 0.0921. The van der Waals surface area contributed by atoms with Crippen molar-refractivity contribution in [2.75, 3.05) is 0 Å². The first-order chi connectivity index (χ1) is 12.1. The number of hydrogen-bond acceptors (Lipinski definition) is 4. The van der Waals surface area contributed by atoms with Crippen LogP contribution in [-0.4, -0.2) is 34.5 Å². The number of allylic oxidation sites excluding steroid dienone is 2. The summed E-state index contributed by atoms with van der Waals surface area (Å²) in [4.78, 5) is 21.3. The predicted molar refractivity (Wildman–Crippen MR) is 95.9 cm³/mol. The molecule has 0 radical (unpaired) electrons. The number of unbranched alkanes of at least 4 members (excludes halogenated alkanes) is 3. The van der Waals surface area contributed by atoms with Crippen molar-refractivity contribution in [1.29, 1.82) is 0 Å². The van der Waals surface area contributed by atoms with Gasteiger partial charge in [0, 0.05) is 24.7 Å². The summed E-state index contributed by atoms with van der Waals surface area (Å²) < 4.78 is 0. The van der Waals surface area contributed by atoms with Gasteiger partial charge in [-0.25, -0.2) is 9.78 Å². The minimum Gasteiger partial charge on any atom is -0.481 e. The number of carboxylic acid groups (broad SMARTS) is 1. The molecule has 2 N–H and O–H groups in total. The number of rotatable bonds is 12. The Bertz CT molecular complexity index is 459. The summed E-state index contributed by atoms with van der Waals surface area (Å²) in [6, 6.07) is 0. The van der Waals surface area contributed by atoms with E-state index in [0.29, 0.717) is 12.3 Å². The third kappa shape index (κ3) is 6.57. The fourth-order valence-electron chi connectivity index (χ4n) is 3.72. The van der Waals surface area contributed by atoms with Crippen molar-refractivity contribution in [3.05, 3.63) is 24.3 Å². The highest BCUT2D eigenvalue weighted by atomic mass is 17.2. The molecule has 2 bridgehead atoms. The number of carboxylic acids is 1.